The van der Waals surface area contributed by atoms with E-state index in [4.69, 9.17) is 0 Å². The molecule has 0 radical (unpaired) electrons. The maximum atomic E-state index is 13.9. The Balaban J connectivity index is 1.74. The molecule has 1 spiro atoms. The summed E-state index contributed by atoms with van der Waals surface area (Å²) in [7, 11) is 1.61. The van der Waals surface area contributed by atoms with Gasteiger partial charge in [-0.25, -0.2) is 0 Å². The van der Waals surface area contributed by atoms with Crippen LogP contribution in [0.2, 0.25) is 0 Å². The first-order valence-corrected chi connectivity index (χ1v) is 12.3. The van der Waals surface area contributed by atoms with Crippen molar-refractivity contribution in [3.05, 3.63) is 29.3 Å². The second-order valence-corrected chi connectivity index (χ2v) is 10.9. The summed E-state index contributed by atoms with van der Waals surface area (Å²) in [5.74, 6) is -1.15. The molecule has 174 valence electrons. The number of aliphatic hydroxyl groups excluding tert-OH is 1. The number of hydrogen-bond donors (Lipinski definition) is 3. The molecule has 2 bridgehead atoms. The van der Waals surface area contributed by atoms with Crippen LogP contribution < -0.4 is 10.6 Å². The molecule has 3 fully saturated rings. The summed E-state index contributed by atoms with van der Waals surface area (Å²) in [6, 6.07) is 5.24. The standard InChI is InChI=1S/C24H33N3O4S/c1-13-8-7-9-14(2)19(13)26-22(30)20-24-15(3)12-16(32-24)17(21(29)25-4)18(24)23(31)27(20)10-5-6-11-28/h7-9,15-18,20,28H,5-6,10-12H2,1-4H3,(H,25,29)(H,26,30)/t15?,16-,17+,18+,20?,24?/m1/s1. The number of thioether (sulfide) groups is 1. The van der Waals surface area contributed by atoms with Crippen LogP contribution in [0.15, 0.2) is 18.2 Å². The summed E-state index contributed by atoms with van der Waals surface area (Å²) in [5, 5.41) is 15.2. The predicted molar refractivity (Wildman–Crippen MR) is 125 cm³/mol. The van der Waals surface area contributed by atoms with E-state index in [0.29, 0.717) is 19.4 Å². The van der Waals surface area contributed by atoms with Crippen LogP contribution in [0.3, 0.4) is 0 Å². The van der Waals surface area contributed by atoms with Gasteiger partial charge < -0.3 is 20.6 Å². The fourth-order valence-electron chi connectivity index (χ4n) is 6.12. The molecule has 3 aliphatic rings. The van der Waals surface area contributed by atoms with E-state index >= 15 is 0 Å². The molecule has 7 nitrogen and oxygen atoms in total. The first-order valence-electron chi connectivity index (χ1n) is 11.5. The van der Waals surface area contributed by atoms with Crippen molar-refractivity contribution in [1.29, 1.82) is 0 Å². The number of aliphatic hydroxyl groups is 1. The number of aryl methyl sites for hydroxylation is 2. The van der Waals surface area contributed by atoms with Gasteiger partial charge in [0.05, 0.1) is 16.6 Å². The topological polar surface area (TPSA) is 98.7 Å². The van der Waals surface area contributed by atoms with Crippen molar-refractivity contribution in [2.45, 2.75) is 56.1 Å². The van der Waals surface area contributed by atoms with Crippen LogP contribution in [0, 0.1) is 31.6 Å². The van der Waals surface area contributed by atoms with Crippen molar-refractivity contribution in [3.8, 4) is 0 Å². The van der Waals surface area contributed by atoms with Gasteiger partial charge in [-0.1, -0.05) is 25.1 Å². The van der Waals surface area contributed by atoms with Gasteiger partial charge in [0.2, 0.25) is 17.7 Å². The fourth-order valence-corrected chi connectivity index (χ4v) is 8.55. The molecule has 4 rings (SSSR count). The van der Waals surface area contributed by atoms with E-state index in [-0.39, 0.29) is 35.5 Å². The normalized spacial score (nSPS) is 32.8. The number of unbranched alkanes of at least 4 members (excludes halogenated alkanes) is 1. The number of amides is 3. The lowest BCUT2D eigenvalue weighted by Crippen LogP contribution is -2.55. The predicted octanol–water partition coefficient (Wildman–Crippen LogP) is 2.10. The van der Waals surface area contributed by atoms with Crippen LogP contribution in [0.25, 0.3) is 0 Å². The van der Waals surface area contributed by atoms with Crippen LogP contribution in [-0.2, 0) is 14.4 Å². The zero-order valence-electron chi connectivity index (χ0n) is 19.2. The van der Waals surface area contributed by atoms with Crippen molar-refractivity contribution >= 4 is 35.2 Å². The fraction of sp³-hybridized carbons (Fsp3) is 0.625. The summed E-state index contributed by atoms with van der Waals surface area (Å²) in [6.45, 7) is 6.49. The number of rotatable bonds is 7. The summed E-state index contributed by atoms with van der Waals surface area (Å²) in [4.78, 5) is 42.1. The number of hydrogen-bond acceptors (Lipinski definition) is 5. The molecule has 1 aromatic rings. The Morgan fingerprint density at radius 2 is 1.91 bits per heavy atom. The molecule has 0 saturated carbocycles. The Labute approximate surface area is 193 Å². The second kappa shape index (κ2) is 8.71. The number of nitrogens with zero attached hydrogens (tertiary/aromatic N) is 1. The van der Waals surface area contributed by atoms with E-state index in [1.54, 1.807) is 23.7 Å². The van der Waals surface area contributed by atoms with Gasteiger partial charge in [-0.15, -0.1) is 11.8 Å². The van der Waals surface area contributed by atoms with Gasteiger partial charge in [0.15, 0.2) is 0 Å². The summed E-state index contributed by atoms with van der Waals surface area (Å²) in [6.07, 6.45) is 2.01. The maximum absolute atomic E-state index is 13.9. The van der Waals surface area contributed by atoms with Crippen molar-refractivity contribution < 1.29 is 19.5 Å². The number of likely N-dealkylation sites (tertiary alicyclic amines) is 1. The van der Waals surface area contributed by atoms with Crippen molar-refractivity contribution in [1.82, 2.24) is 10.2 Å². The van der Waals surface area contributed by atoms with E-state index < -0.39 is 22.6 Å². The molecule has 3 saturated heterocycles. The Morgan fingerprint density at radius 1 is 1.22 bits per heavy atom. The average molecular weight is 460 g/mol. The lowest BCUT2D eigenvalue weighted by atomic mass is 9.66. The zero-order valence-corrected chi connectivity index (χ0v) is 20.0. The van der Waals surface area contributed by atoms with Gasteiger partial charge in [0, 0.05) is 31.1 Å². The first-order chi connectivity index (χ1) is 15.3. The third kappa shape index (κ3) is 3.34. The van der Waals surface area contributed by atoms with E-state index in [1.165, 1.54) is 0 Å². The van der Waals surface area contributed by atoms with Gasteiger partial charge in [-0.2, -0.15) is 0 Å². The van der Waals surface area contributed by atoms with Crippen molar-refractivity contribution in [2.24, 2.45) is 17.8 Å². The molecule has 3 unspecified atom stereocenters. The van der Waals surface area contributed by atoms with Gasteiger partial charge in [-0.05, 0) is 50.2 Å². The minimum absolute atomic E-state index is 0.0456. The number of nitrogens with one attached hydrogen (secondary N) is 2. The number of para-hydroxylation sites is 1. The minimum Gasteiger partial charge on any atom is -0.396 e. The number of carbonyl (C=O) groups excluding carboxylic acids is 3. The third-order valence-electron chi connectivity index (χ3n) is 7.58. The molecule has 0 aromatic heterocycles. The second-order valence-electron chi connectivity index (χ2n) is 9.39. The molecule has 3 aliphatic heterocycles. The highest BCUT2D eigenvalue weighted by molar-refractivity contribution is 8.02. The quantitative estimate of drug-likeness (QED) is 0.543. The SMILES string of the molecule is CNC(=O)[C@@H]1[C@H]2C(=O)N(CCCCO)C(C(=O)Nc3c(C)cccc3C)C23S[C@@H]1CC3C. The number of anilines is 1. The summed E-state index contributed by atoms with van der Waals surface area (Å²) < 4.78 is -0.612. The highest BCUT2D eigenvalue weighted by Gasteiger charge is 2.75. The van der Waals surface area contributed by atoms with Crippen molar-refractivity contribution in [3.63, 3.8) is 0 Å². The molecule has 1 aromatic carbocycles. The van der Waals surface area contributed by atoms with Gasteiger partial charge in [-0.3, -0.25) is 14.4 Å². The van der Waals surface area contributed by atoms with Crippen molar-refractivity contribution in [2.75, 3.05) is 25.5 Å². The van der Waals surface area contributed by atoms with E-state index in [1.807, 2.05) is 32.0 Å². The van der Waals surface area contributed by atoms with Crippen LogP contribution in [0.1, 0.15) is 37.3 Å². The Kier molecular flexibility index (Phi) is 6.29. The molecule has 8 heteroatoms. The summed E-state index contributed by atoms with van der Waals surface area (Å²) in [5.41, 5.74) is 2.74. The van der Waals surface area contributed by atoms with Gasteiger partial charge in [0.25, 0.3) is 0 Å². The molecule has 0 aliphatic carbocycles. The van der Waals surface area contributed by atoms with Crippen LogP contribution in [0.5, 0.6) is 0 Å². The summed E-state index contributed by atoms with van der Waals surface area (Å²) >= 11 is 1.68. The third-order valence-corrected chi connectivity index (χ3v) is 9.66. The Bertz CT molecular complexity index is 918. The minimum atomic E-state index is -0.641. The van der Waals surface area contributed by atoms with Crippen LogP contribution >= 0.6 is 11.8 Å². The molecular formula is C24H33N3O4S. The average Bonchev–Trinajstić information content (AvgIpc) is 3.34. The highest BCUT2D eigenvalue weighted by Crippen LogP contribution is 2.68. The Hall–Kier alpha value is -2.06. The number of fused-ring (bicyclic) bond motifs is 1. The molecular weight excluding hydrogens is 426 g/mol. The number of carbonyl (C=O) groups is 3. The largest absolute Gasteiger partial charge is 0.396 e. The maximum Gasteiger partial charge on any atom is 0.248 e. The monoisotopic (exact) mass is 459 g/mol. The smallest absolute Gasteiger partial charge is 0.248 e. The number of benzene rings is 1. The molecule has 3 heterocycles. The molecule has 6 atom stereocenters. The van der Waals surface area contributed by atoms with Gasteiger partial charge >= 0.3 is 0 Å². The lowest BCUT2D eigenvalue weighted by molar-refractivity contribution is -0.139. The van der Waals surface area contributed by atoms with Crippen LogP contribution in [-0.4, -0.2) is 64.0 Å². The molecule has 3 N–H and O–H groups in total. The molecule has 32 heavy (non-hydrogen) atoms. The van der Waals surface area contributed by atoms with Crippen LogP contribution in [0.4, 0.5) is 5.69 Å². The van der Waals surface area contributed by atoms with E-state index in [9.17, 15) is 19.5 Å². The lowest BCUT2D eigenvalue weighted by Gasteiger charge is -2.38. The highest BCUT2D eigenvalue weighted by atomic mass is 32.2. The first kappa shape index (κ1) is 23.1. The molecule has 3 amide bonds. The van der Waals surface area contributed by atoms with E-state index in [0.717, 1.165) is 23.2 Å². The zero-order chi connectivity index (χ0) is 23.2. The van der Waals surface area contributed by atoms with E-state index in [2.05, 4.69) is 17.6 Å². The van der Waals surface area contributed by atoms with Gasteiger partial charge in [0.1, 0.15) is 6.04 Å². The Morgan fingerprint density at radius 3 is 2.53 bits per heavy atom.